The first-order chi connectivity index (χ1) is 9.06. The average molecular weight is 378 g/mol. The SMILES string of the molecule is O=c1[nH]c(=O)n([C@@H]2CC(O)[C@H](CO)O2)cc1C#CI. The molecule has 1 unspecified atom stereocenters. The van der Waals surface area contributed by atoms with Crippen LogP contribution in [0.3, 0.4) is 0 Å². The molecular formula is C11H11IN2O5. The van der Waals surface area contributed by atoms with Crippen molar-refractivity contribution >= 4 is 22.6 Å². The van der Waals surface area contributed by atoms with Gasteiger partial charge in [0.15, 0.2) is 0 Å². The van der Waals surface area contributed by atoms with E-state index in [4.69, 9.17) is 9.84 Å². The third kappa shape index (κ3) is 2.89. The Balaban J connectivity index is 2.40. The molecule has 1 aliphatic rings. The standard InChI is InChI=1S/C11H11IN2O5/c12-2-1-6-4-14(11(18)13-10(6)17)9-3-7(16)8(5-15)19-9/h4,7-9,15-16H,3,5H2,(H,13,17,18)/t7?,8-,9-/m0/s1. The summed E-state index contributed by atoms with van der Waals surface area (Å²) < 4.78 is 9.06. The molecule has 2 rings (SSSR count). The Hall–Kier alpha value is -1.15. The summed E-state index contributed by atoms with van der Waals surface area (Å²) in [6.07, 6.45) is -0.861. The van der Waals surface area contributed by atoms with Crippen molar-refractivity contribution in [3.05, 3.63) is 32.6 Å². The minimum atomic E-state index is -0.854. The molecule has 8 heteroatoms. The highest BCUT2D eigenvalue weighted by atomic mass is 127. The molecule has 3 N–H and O–H groups in total. The van der Waals surface area contributed by atoms with Gasteiger partial charge in [-0.15, -0.1) is 0 Å². The number of halogens is 1. The number of nitrogens with one attached hydrogen (secondary N) is 1. The second-order valence-electron chi connectivity index (χ2n) is 4.04. The van der Waals surface area contributed by atoms with Crippen molar-refractivity contribution < 1.29 is 14.9 Å². The fourth-order valence-corrected chi connectivity index (χ4v) is 2.18. The summed E-state index contributed by atoms with van der Waals surface area (Å²) in [6.45, 7) is -0.337. The number of ether oxygens (including phenoxy) is 1. The number of rotatable bonds is 2. The van der Waals surface area contributed by atoms with Gasteiger partial charge in [0.25, 0.3) is 5.56 Å². The van der Waals surface area contributed by atoms with Gasteiger partial charge in [0, 0.05) is 35.2 Å². The topological polar surface area (TPSA) is 105 Å². The molecule has 0 spiro atoms. The van der Waals surface area contributed by atoms with Crippen LogP contribution in [0.25, 0.3) is 0 Å². The van der Waals surface area contributed by atoms with Crippen LogP contribution in [0.4, 0.5) is 0 Å². The van der Waals surface area contributed by atoms with Crippen LogP contribution in [-0.2, 0) is 4.74 Å². The van der Waals surface area contributed by atoms with Gasteiger partial charge in [0.1, 0.15) is 17.9 Å². The fourth-order valence-electron chi connectivity index (χ4n) is 1.89. The van der Waals surface area contributed by atoms with Gasteiger partial charge in [0.2, 0.25) is 0 Å². The van der Waals surface area contributed by atoms with E-state index < -0.39 is 29.7 Å². The summed E-state index contributed by atoms with van der Waals surface area (Å²) in [5.74, 6) is 2.57. The summed E-state index contributed by atoms with van der Waals surface area (Å²) in [5.41, 5.74) is -1.07. The van der Waals surface area contributed by atoms with Crippen LogP contribution in [-0.4, -0.2) is 38.6 Å². The minimum Gasteiger partial charge on any atom is -0.394 e. The Morgan fingerprint density at radius 1 is 1.58 bits per heavy atom. The summed E-state index contributed by atoms with van der Waals surface area (Å²) in [6, 6.07) is 0. The zero-order chi connectivity index (χ0) is 14.0. The molecule has 0 aliphatic carbocycles. The molecule has 0 radical (unpaired) electrons. The van der Waals surface area contributed by atoms with Gasteiger partial charge >= 0.3 is 5.69 Å². The van der Waals surface area contributed by atoms with Crippen molar-refractivity contribution in [3.63, 3.8) is 0 Å². The van der Waals surface area contributed by atoms with Crippen LogP contribution in [0.5, 0.6) is 0 Å². The molecule has 1 saturated heterocycles. The average Bonchev–Trinajstić information content (AvgIpc) is 2.74. The molecule has 19 heavy (non-hydrogen) atoms. The van der Waals surface area contributed by atoms with Crippen LogP contribution >= 0.6 is 22.6 Å². The van der Waals surface area contributed by atoms with Crippen LogP contribution in [0.1, 0.15) is 18.2 Å². The molecule has 0 aromatic carbocycles. The Morgan fingerprint density at radius 2 is 2.32 bits per heavy atom. The first-order valence-electron chi connectivity index (χ1n) is 5.48. The molecule has 1 aromatic heterocycles. The molecule has 2 heterocycles. The minimum absolute atomic E-state index is 0.138. The zero-order valence-corrected chi connectivity index (χ0v) is 11.8. The van der Waals surface area contributed by atoms with Crippen LogP contribution in [0.15, 0.2) is 15.8 Å². The normalized spacial score (nSPS) is 25.9. The van der Waals surface area contributed by atoms with Crippen molar-refractivity contribution in [1.82, 2.24) is 9.55 Å². The zero-order valence-electron chi connectivity index (χ0n) is 9.67. The lowest BCUT2D eigenvalue weighted by Crippen LogP contribution is -2.33. The maximum atomic E-state index is 11.7. The van der Waals surface area contributed by atoms with E-state index in [1.165, 1.54) is 6.20 Å². The number of aromatic amines is 1. The second kappa shape index (κ2) is 5.87. The summed E-state index contributed by atoms with van der Waals surface area (Å²) in [4.78, 5) is 25.3. The number of aliphatic hydroxyl groups is 2. The van der Waals surface area contributed by atoms with Crippen LogP contribution < -0.4 is 11.2 Å². The summed E-state index contributed by atoms with van der Waals surface area (Å²) in [5, 5.41) is 18.6. The van der Waals surface area contributed by atoms with E-state index in [0.717, 1.165) is 4.57 Å². The maximum Gasteiger partial charge on any atom is 0.330 e. The largest absolute Gasteiger partial charge is 0.394 e. The van der Waals surface area contributed by atoms with Gasteiger partial charge < -0.3 is 14.9 Å². The number of aromatic nitrogens is 2. The Labute approximate surface area is 121 Å². The van der Waals surface area contributed by atoms with Crippen molar-refractivity contribution in [2.45, 2.75) is 24.9 Å². The Kier molecular flexibility index (Phi) is 4.41. The molecule has 102 valence electrons. The van der Waals surface area contributed by atoms with Gasteiger partial charge in [-0.2, -0.15) is 0 Å². The van der Waals surface area contributed by atoms with Crippen LogP contribution in [0.2, 0.25) is 0 Å². The third-order valence-electron chi connectivity index (χ3n) is 2.84. The molecule has 0 saturated carbocycles. The molecule has 0 amide bonds. The summed E-state index contributed by atoms with van der Waals surface area (Å²) in [7, 11) is 0. The number of nitrogens with zero attached hydrogens (tertiary/aromatic N) is 1. The van der Waals surface area contributed by atoms with E-state index >= 15 is 0 Å². The lowest BCUT2D eigenvalue weighted by Gasteiger charge is -2.14. The quantitative estimate of drug-likeness (QED) is 0.449. The summed E-state index contributed by atoms with van der Waals surface area (Å²) >= 11 is 1.78. The molecule has 1 aromatic rings. The number of aliphatic hydroxyl groups excluding tert-OH is 2. The first-order valence-corrected chi connectivity index (χ1v) is 6.56. The van der Waals surface area contributed by atoms with E-state index in [-0.39, 0.29) is 18.6 Å². The van der Waals surface area contributed by atoms with Crippen molar-refractivity contribution in [2.24, 2.45) is 0 Å². The number of H-pyrrole nitrogens is 1. The van der Waals surface area contributed by atoms with Gasteiger partial charge in [-0.1, -0.05) is 0 Å². The predicted molar refractivity (Wildman–Crippen MR) is 73.8 cm³/mol. The van der Waals surface area contributed by atoms with E-state index in [2.05, 4.69) is 14.8 Å². The molecule has 0 bridgehead atoms. The van der Waals surface area contributed by atoms with Crippen molar-refractivity contribution in [1.29, 1.82) is 0 Å². The van der Waals surface area contributed by atoms with E-state index in [0.29, 0.717) is 0 Å². The van der Waals surface area contributed by atoms with Gasteiger partial charge in [-0.3, -0.25) is 14.3 Å². The van der Waals surface area contributed by atoms with Gasteiger partial charge in [-0.05, 0) is 9.85 Å². The van der Waals surface area contributed by atoms with Crippen molar-refractivity contribution in [3.8, 4) is 9.85 Å². The highest BCUT2D eigenvalue weighted by Crippen LogP contribution is 2.27. The lowest BCUT2D eigenvalue weighted by atomic mass is 10.2. The maximum absolute atomic E-state index is 11.7. The van der Waals surface area contributed by atoms with Gasteiger partial charge in [0.05, 0.1) is 12.7 Å². The highest BCUT2D eigenvalue weighted by molar-refractivity contribution is 14.1. The molecule has 7 nitrogen and oxygen atoms in total. The van der Waals surface area contributed by atoms with Gasteiger partial charge in [-0.25, -0.2) is 4.79 Å². The third-order valence-corrected chi connectivity index (χ3v) is 3.11. The second-order valence-corrected chi connectivity index (χ2v) is 4.58. The number of hydrogen-bond acceptors (Lipinski definition) is 5. The van der Waals surface area contributed by atoms with E-state index in [9.17, 15) is 14.7 Å². The Morgan fingerprint density at radius 3 is 2.89 bits per heavy atom. The van der Waals surface area contributed by atoms with E-state index in [1.807, 2.05) is 0 Å². The lowest BCUT2D eigenvalue weighted by molar-refractivity contribution is -0.0459. The highest BCUT2D eigenvalue weighted by Gasteiger charge is 2.35. The van der Waals surface area contributed by atoms with Crippen LogP contribution in [0, 0.1) is 9.85 Å². The van der Waals surface area contributed by atoms with Crippen molar-refractivity contribution in [2.75, 3.05) is 6.61 Å². The number of hydrogen-bond donors (Lipinski definition) is 3. The predicted octanol–water partition coefficient (Wildman–Crippen LogP) is -1.08. The molecule has 1 fully saturated rings. The first kappa shape index (κ1) is 14.3. The molecular weight excluding hydrogens is 367 g/mol. The van der Waals surface area contributed by atoms with E-state index in [1.54, 1.807) is 22.6 Å². The molecule has 1 aliphatic heterocycles. The smallest absolute Gasteiger partial charge is 0.330 e. The molecule has 3 atom stereocenters. The monoisotopic (exact) mass is 378 g/mol. The fraction of sp³-hybridized carbons (Fsp3) is 0.455. The Bertz CT molecular complexity index is 641.